The molecule has 3 fully saturated rings. The summed E-state index contributed by atoms with van der Waals surface area (Å²) in [5.41, 5.74) is 0.136. The molecule has 0 aromatic rings. The van der Waals surface area contributed by atoms with Crippen molar-refractivity contribution >= 4 is 5.78 Å². The highest BCUT2D eigenvalue weighted by molar-refractivity contribution is 5.95. The minimum absolute atomic E-state index is 0.0103. The van der Waals surface area contributed by atoms with Crippen LogP contribution in [-0.4, -0.2) is 28.2 Å². The standard InChI is InChI=1S/C19H27O4/c1-18-8-7-12-10(11(18)5-6-15(18)21)3-4-13-17(23)14(20)9-16(22)19(12,13)2/h10-12,15-16,21,23H,3-9H2,1-2H3/t10-,11-,12-,15-,16?,18-,19+/m0/s1. The first kappa shape index (κ1) is 15.6. The first-order valence-electron chi connectivity index (χ1n) is 9.09. The fraction of sp³-hybridized carbons (Fsp3) is 0.842. The second-order valence-corrected chi connectivity index (χ2v) is 8.78. The van der Waals surface area contributed by atoms with E-state index < -0.39 is 11.5 Å². The van der Waals surface area contributed by atoms with E-state index in [2.05, 4.69) is 6.92 Å². The second-order valence-electron chi connectivity index (χ2n) is 8.78. The van der Waals surface area contributed by atoms with E-state index in [0.29, 0.717) is 18.3 Å². The minimum atomic E-state index is -0.940. The summed E-state index contributed by atoms with van der Waals surface area (Å²) in [6, 6.07) is 0. The van der Waals surface area contributed by atoms with Gasteiger partial charge in [-0.2, -0.15) is 0 Å². The lowest BCUT2D eigenvalue weighted by molar-refractivity contribution is -0.142. The predicted molar refractivity (Wildman–Crippen MR) is 84.1 cm³/mol. The first-order chi connectivity index (χ1) is 10.8. The molecule has 0 amide bonds. The molecule has 1 unspecified atom stereocenters. The molecule has 0 bridgehead atoms. The summed E-state index contributed by atoms with van der Waals surface area (Å²) in [5, 5.41) is 33.6. The highest BCUT2D eigenvalue weighted by Crippen LogP contribution is 2.65. The zero-order chi connectivity index (χ0) is 16.6. The van der Waals surface area contributed by atoms with Crippen molar-refractivity contribution in [3.05, 3.63) is 11.3 Å². The van der Waals surface area contributed by atoms with Crippen LogP contribution in [0, 0.1) is 28.6 Å². The maximum atomic E-state index is 12.9. The van der Waals surface area contributed by atoms with Gasteiger partial charge in [0.05, 0.1) is 6.10 Å². The van der Waals surface area contributed by atoms with Crippen LogP contribution in [0.25, 0.3) is 0 Å². The van der Waals surface area contributed by atoms with Crippen molar-refractivity contribution in [3.63, 3.8) is 0 Å². The van der Waals surface area contributed by atoms with E-state index in [-0.39, 0.29) is 35.4 Å². The molecule has 4 rings (SSSR count). The molecule has 23 heavy (non-hydrogen) atoms. The van der Waals surface area contributed by atoms with Gasteiger partial charge in [0.25, 0.3) is 0 Å². The van der Waals surface area contributed by atoms with E-state index in [1.807, 2.05) is 6.92 Å². The summed E-state index contributed by atoms with van der Waals surface area (Å²) >= 11 is 0. The Morgan fingerprint density at radius 3 is 2.57 bits per heavy atom. The largest absolute Gasteiger partial charge is 0.504 e. The Labute approximate surface area is 137 Å². The summed E-state index contributed by atoms with van der Waals surface area (Å²) in [6.07, 6.45) is 4.16. The number of hydrogen-bond acceptors (Lipinski definition) is 3. The van der Waals surface area contributed by atoms with Crippen molar-refractivity contribution in [1.29, 1.82) is 0 Å². The number of rotatable bonds is 0. The maximum absolute atomic E-state index is 12.9. The van der Waals surface area contributed by atoms with Gasteiger partial charge in [0.2, 0.25) is 0 Å². The predicted octanol–water partition coefficient (Wildman–Crippen LogP) is 3.17. The average Bonchev–Trinajstić information content (AvgIpc) is 2.81. The second kappa shape index (κ2) is 4.82. The molecule has 4 nitrogen and oxygen atoms in total. The third-order valence-corrected chi connectivity index (χ3v) is 8.12. The van der Waals surface area contributed by atoms with Crippen molar-refractivity contribution in [2.75, 3.05) is 0 Å². The third kappa shape index (κ3) is 1.82. The Balaban J connectivity index is 1.75. The van der Waals surface area contributed by atoms with Gasteiger partial charge in [-0.15, -0.1) is 0 Å². The van der Waals surface area contributed by atoms with Crippen LogP contribution in [-0.2, 0) is 9.90 Å². The topological polar surface area (TPSA) is 77.4 Å². The van der Waals surface area contributed by atoms with E-state index >= 15 is 0 Å². The van der Waals surface area contributed by atoms with Gasteiger partial charge in [0, 0.05) is 11.8 Å². The molecule has 4 heteroatoms. The van der Waals surface area contributed by atoms with Gasteiger partial charge < -0.3 is 10.2 Å². The Bertz CT molecular complexity index is 582. The zero-order valence-electron chi connectivity index (χ0n) is 14.0. The van der Waals surface area contributed by atoms with Crippen LogP contribution in [0.2, 0.25) is 0 Å². The van der Waals surface area contributed by atoms with E-state index in [4.69, 9.17) is 0 Å². The Morgan fingerprint density at radius 1 is 1.09 bits per heavy atom. The fourth-order valence-corrected chi connectivity index (χ4v) is 6.66. The lowest BCUT2D eigenvalue weighted by Crippen LogP contribution is -2.56. The average molecular weight is 319 g/mol. The molecule has 0 saturated heterocycles. The van der Waals surface area contributed by atoms with Crippen LogP contribution in [0.1, 0.15) is 58.8 Å². The number of carbonyl (C=O) groups is 1. The van der Waals surface area contributed by atoms with E-state index in [9.17, 15) is 20.1 Å². The van der Waals surface area contributed by atoms with Gasteiger partial charge >= 0.3 is 0 Å². The monoisotopic (exact) mass is 319 g/mol. The Hall–Kier alpha value is -0.870. The molecule has 4 aliphatic rings. The highest BCUT2D eigenvalue weighted by atomic mass is 16.3. The number of ketones is 1. The number of fused-ring (bicyclic) bond motifs is 5. The van der Waals surface area contributed by atoms with Crippen molar-refractivity contribution in [2.45, 2.75) is 71.0 Å². The van der Waals surface area contributed by atoms with Gasteiger partial charge in [-0.25, -0.2) is 5.11 Å². The molecular weight excluding hydrogens is 292 g/mol. The van der Waals surface area contributed by atoms with Crippen LogP contribution in [0.5, 0.6) is 0 Å². The Kier molecular flexibility index (Phi) is 3.28. The molecule has 4 aliphatic carbocycles. The van der Waals surface area contributed by atoms with Crippen molar-refractivity contribution in [2.24, 2.45) is 28.6 Å². The highest BCUT2D eigenvalue weighted by Gasteiger charge is 2.62. The summed E-state index contributed by atoms with van der Waals surface area (Å²) < 4.78 is 0. The van der Waals surface area contributed by atoms with Crippen LogP contribution in [0.15, 0.2) is 11.3 Å². The molecule has 7 atom stereocenters. The smallest absolute Gasteiger partial charge is 0.199 e. The van der Waals surface area contributed by atoms with E-state index in [0.717, 1.165) is 37.7 Å². The van der Waals surface area contributed by atoms with Crippen LogP contribution < -0.4 is 0 Å². The third-order valence-electron chi connectivity index (χ3n) is 8.12. The lowest BCUT2D eigenvalue weighted by atomic mass is 9.46. The summed E-state index contributed by atoms with van der Waals surface area (Å²) in [5.74, 6) is 0.678. The lowest BCUT2D eigenvalue weighted by Gasteiger charge is -2.58. The maximum Gasteiger partial charge on any atom is 0.199 e. The number of hydrogen-bond donors (Lipinski definition) is 2. The van der Waals surface area contributed by atoms with Gasteiger partial charge in [-0.05, 0) is 67.3 Å². The zero-order valence-corrected chi connectivity index (χ0v) is 14.0. The van der Waals surface area contributed by atoms with Crippen LogP contribution >= 0.6 is 0 Å². The number of Topliss-reactive ketones (excluding diaryl/α,β-unsaturated/α-hetero) is 1. The van der Waals surface area contributed by atoms with Gasteiger partial charge in [0.1, 0.15) is 6.10 Å². The molecule has 0 heterocycles. The normalized spacial score (nSPS) is 52.9. The fourth-order valence-electron chi connectivity index (χ4n) is 6.66. The van der Waals surface area contributed by atoms with Crippen molar-refractivity contribution in [3.8, 4) is 0 Å². The number of aliphatic hydroxyl groups excluding tert-OH is 2. The SMILES string of the molecule is C[C@]12CC[C@H]3[C@@H](CCC4=C(O)C(=O)CC([O])[C@@]43C)[C@@H]1CC[C@@H]2O. The molecule has 0 aliphatic heterocycles. The van der Waals surface area contributed by atoms with Gasteiger partial charge in [-0.3, -0.25) is 4.79 Å². The number of carbonyl (C=O) groups excluding carboxylic acids is 1. The van der Waals surface area contributed by atoms with Crippen LogP contribution in [0.4, 0.5) is 0 Å². The minimum Gasteiger partial charge on any atom is -0.504 e. The number of aliphatic hydroxyl groups is 2. The molecule has 127 valence electrons. The molecular formula is C19H27O4. The molecule has 0 spiro atoms. The molecule has 1 radical (unpaired) electrons. The molecule has 0 aromatic heterocycles. The summed E-state index contributed by atoms with van der Waals surface area (Å²) in [4.78, 5) is 11.9. The van der Waals surface area contributed by atoms with E-state index in [1.165, 1.54) is 0 Å². The first-order valence-corrected chi connectivity index (χ1v) is 9.09. The van der Waals surface area contributed by atoms with Crippen molar-refractivity contribution < 1.29 is 20.1 Å². The van der Waals surface area contributed by atoms with Gasteiger partial charge in [-0.1, -0.05) is 13.8 Å². The van der Waals surface area contributed by atoms with Crippen molar-refractivity contribution in [1.82, 2.24) is 0 Å². The summed E-state index contributed by atoms with van der Waals surface area (Å²) in [7, 11) is 0. The molecule has 3 saturated carbocycles. The molecule has 0 aromatic carbocycles. The quantitative estimate of drug-likeness (QED) is 0.720. The van der Waals surface area contributed by atoms with Crippen LogP contribution in [0.3, 0.4) is 0 Å². The van der Waals surface area contributed by atoms with E-state index in [1.54, 1.807) is 0 Å². The molecule has 2 N–H and O–H groups in total. The van der Waals surface area contributed by atoms with Gasteiger partial charge in [0.15, 0.2) is 11.5 Å². The Morgan fingerprint density at radius 2 is 1.83 bits per heavy atom. The summed E-state index contributed by atoms with van der Waals surface area (Å²) in [6.45, 7) is 4.21.